The van der Waals surface area contributed by atoms with Gasteiger partial charge in [0, 0.05) is 31.2 Å². The van der Waals surface area contributed by atoms with Gasteiger partial charge in [-0.15, -0.1) is 0 Å². The molecule has 1 saturated heterocycles. The molecule has 2 heterocycles. The van der Waals surface area contributed by atoms with E-state index in [1.54, 1.807) is 7.11 Å². The molecule has 1 atom stereocenters. The average Bonchev–Trinajstić information content (AvgIpc) is 3.34. The highest BCUT2D eigenvalue weighted by Crippen LogP contribution is 2.41. The van der Waals surface area contributed by atoms with Crippen molar-refractivity contribution in [2.75, 3.05) is 25.3 Å². The van der Waals surface area contributed by atoms with E-state index in [0.29, 0.717) is 24.5 Å². The molecule has 0 bridgehead atoms. The van der Waals surface area contributed by atoms with Crippen LogP contribution in [0.5, 0.6) is 17.2 Å². The van der Waals surface area contributed by atoms with Gasteiger partial charge in [-0.05, 0) is 48.7 Å². The van der Waals surface area contributed by atoms with Crippen LogP contribution >= 0.6 is 0 Å². The van der Waals surface area contributed by atoms with Crippen molar-refractivity contribution in [1.29, 1.82) is 0 Å². The van der Waals surface area contributed by atoms with Crippen LogP contribution in [0.25, 0.3) is 0 Å². The number of nitrogens with zero attached hydrogens (tertiary/aromatic N) is 1. The van der Waals surface area contributed by atoms with E-state index >= 15 is 0 Å². The smallest absolute Gasteiger partial charge is 0.231 e. The van der Waals surface area contributed by atoms with E-state index < -0.39 is 0 Å². The maximum Gasteiger partial charge on any atom is 0.231 e. The third-order valence-electron chi connectivity index (χ3n) is 5.11. The van der Waals surface area contributed by atoms with E-state index in [0.717, 1.165) is 30.0 Å². The molecule has 0 aliphatic carbocycles. The van der Waals surface area contributed by atoms with Gasteiger partial charge in [-0.25, -0.2) is 0 Å². The third-order valence-corrected chi connectivity index (χ3v) is 5.11. The molecule has 6 nitrogen and oxygen atoms in total. The average molecular weight is 368 g/mol. The van der Waals surface area contributed by atoms with E-state index in [1.807, 2.05) is 29.2 Å². The van der Waals surface area contributed by atoms with Crippen LogP contribution in [0.1, 0.15) is 36.9 Å². The summed E-state index contributed by atoms with van der Waals surface area (Å²) in [7, 11) is 1.63. The molecule has 2 aromatic rings. The molecule has 2 aromatic carbocycles. The number of hydrogen-bond donors (Lipinski definition) is 1. The van der Waals surface area contributed by atoms with Crippen molar-refractivity contribution >= 4 is 11.6 Å². The summed E-state index contributed by atoms with van der Waals surface area (Å²) in [6.45, 7) is 3.85. The molecule has 0 radical (unpaired) electrons. The molecule has 0 saturated carbocycles. The lowest BCUT2D eigenvalue weighted by atomic mass is 10.1. The van der Waals surface area contributed by atoms with Gasteiger partial charge in [0.15, 0.2) is 11.5 Å². The van der Waals surface area contributed by atoms with Crippen LogP contribution in [-0.4, -0.2) is 26.4 Å². The monoisotopic (exact) mass is 368 g/mol. The van der Waals surface area contributed by atoms with Crippen LogP contribution in [0, 0.1) is 0 Å². The Morgan fingerprint density at radius 2 is 2.04 bits per heavy atom. The number of carbonyl (C=O) groups excluding carboxylic acids is 1. The largest absolute Gasteiger partial charge is 0.493 e. The summed E-state index contributed by atoms with van der Waals surface area (Å²) in [5.41, 5.74) is 3.23. The van der Waals surface area contributed by atoms with Crippen LogP contribution in [0.3, 0.4) is 0 Å². The Morgan fingerprint density at radius 3 is 2.74 bits per heavy atom. The molecule has 1 N–H and O–H groups in total. The Balaban J connectivity index is 1.41. The SMILES string of the molecule is COc1cc(CNC(C)c2ccc(N3CCCC3=O)cc2)cc2c1OCO2. The summed E-state index contributed by atoms with van der Waals surface area (Å²) in [6.07, 6.45) is 1.59. The van der Waals surface area contributed by atoms with E-state index in [1.165, 1.54) is 5.56 Å². The Hall–Kier alpha value is -2.73. The second-order valence-electron chi connectivity index (χ2n) is 6.87. The van der Waals surface area contributed by atoms with Crippen molar-refractivity contribution in [2.24, 2.45) is 0 Å². The number of carbonyl (C=O) groups is 1. The summed E-state index contributed by atoms with van der Waals surface area (Å²) in [5, 5.41) is 3.52. The number of rotatable bonds is 6. The highest BCUT2D eigenvalue weighted by molar-refractivity contribution is 5.95. The fourth-order valence-electron chi connectivity index (χ4n) is 3.54. The van der Waals surface area contributed by atoms with E-state index in [-0.39, 0.29) is 18.7 Å². The minimum absolute atomic E-state index is 0.171. The predicted octanol–water partition coefficient (Wildman–Crippen LogP) is 3.40. The first-order chi connectivity index (χ1) is 13.2. The van der Waals surface area contributed by atoms with Crippen molar-refractivity contribution < 1.29 is 19.0 Å². The first kappa shape index (κ1) is 17.7. The van der Waals surface area contributed by atoms with E-state index in [4.69, 9.17) is 14.2 Å². The lowest BCUT2D eigenvalue weighted by Gasteiger charge is -2.18. The lowest BCUT2D eigenvalue weighted by Crippen LogP contribution is -2.23. The zero-order valence-corrected chi connectivity index (χ0v) is 15.7. The molecule has 0 aromatic heterocycles. The molecule has 1 unspecified atom stereocenters. The van der Waals surface area contributed by atoms with Crippen molar-refractivity contribution in [3.8, 4) is 17.2 Å². The fourth-order valence-corrected chi connectivity index (χ4v) is 3.54. The number of benzene rings is 2. The van der Waals surface area contributed by atoms with Crippen LogP contribution in [0.15, 0.2) is 36.4 Å². The van der Waals surface area contributed by atoms with Gasteiger partial charge in [0.1, 0.15) is 0 Å². The van der Waals surface area contributed by atoms with Crippen molar-refractivity contribution in [2.45, 2.75) is 32.4 Å². The van der Waals surface area contributed by atoms with Gasteiger partial charge < -0.3 is 24.4 Å². The summed E-state index contributed by atoms with van der Waals surface area (Å²) in [5.74, 6) is 2.29. The molecule has 1 fully saturated rings. The van der Waals surface area contributed by atoms with Gasteiger partial charge in [0.2, 0.25) is 18.4 Å². The number of amides is 1. The first-order valence-corrected chi connectivity index (χ1v) is 9.26. The van der Waals surface area contributed by atoms with Crippen LogP contribution in [0.2, 0.25) is 0 Å². The Bertz CT molecular complexity index is 835. The second kappa shape index (κ2) is 7.48. The Kier molecular flexibility index (Phi) is 4.90. The summed E-state index contributed by atoms with van der Waals surface area (Å²) >= 11 is 0. The highest BCUT2D eigenvalue weighted by atomic mass is 16.7. The number of ether oxygens (including phenoxy) is 3. The molecular weight excluding hydrogens is 344 g/mol. The maximum absolute atomic E-state index is 11.9. The van der Waals surface area contributed by atoms with Gasteiger partial charge in [-0.1, -0.05) is 12.1 Å². The second-order valence-corrected chi connectivity index (χ2v) is 6.87. The zero-order valence-electron chi connectivity index (χ0n) is 15.7. The van der Waals surface area contributed by atoms with Gasteiger partial charge >= 0.3 is 0 Å². The van der Waals surface area contributed by atoms with Crippen LogP contribution in [0.4, 0.5) is 5.69 Å². The van der Waals surface area contributed by atoms with Crippen LogP contribution < -0.4 is 24.4 Å². The van der Waals surface area contributed by atoms with Crippen LogP contribution in [-0.2, 0) is 11.3 Å². The molecule has 142 valence electrons. The molecule has 6 heteroatoms. The molecule has 2 aliphatic heterocycles. The van der Waals surface area contributed by atoms with E-state index in [2.05, 4.69) is 24.4 Å². The zero-order chi connectivity index (χ0) is 18.8. The molecule has 1 amide bonds. The Morgan fingerprint density at radius 1 is 1.22 bits per heavy atom. The number of hydrogen-bond acceptors (Lipinski definition) is 5. The van der Waals surface area contributed by atoms with Gasteiger partial charge in [-0.3, -0.25) is 4.79 Å². The highest BCUT2D eigenvalue weighted by Gasteiger charge is 2.22. The minimum Gasteiger partial charge on any atom is -0.493 e. The summed E-state index contributed by atoms with van der Waals surface area (Å²) < 4.78 is 16.3. The first-order valence-electron chi connectivity index (χ1n) is 9.26. The molecule has 0 spiro atoms. The standard InChI is InChI=1S/C21H24N2O4/c1-14(16-5-7-17(8-6-16)23-9-3-4-20(23)24)22-12-15-10-18(25-2)21-19(11-15)26-13-27-21/h5-8,10-11,14,22H,3-4,9,12-13H2,1-2H3. The summed E-state index contributed by atoms with van der Waals surface area (Å²) in [6, 6.07) is 12.3. The molecular formula is C21H24N2O4. The molecule has 4 rings (SSSR count). The number of nitrogens with one attached hydrogen (secondary N) is 1. The normalized spacial score (nSPS) is 16.7. The lowest BCUT2D eigenvalue weighted by molar-refractivity contribution is -0.117. The van der Waals surface area contributed by atoms with Gasteiger partial charge in [-0.2, -0.15) is 0 Å². The van der Waals surface area contributed by atoms with Gasteiger partial charge in [0.05, 0.1) is 7.11 Å². The van der Waals surface area contributed by atoms with Crippen molar-refractivity contribution in [1.82, 2.24) is 5.32 Å². The fraction of sp³-hybridized carbons (Fsp3) is 0.381. The predicted molar refractivity (Wildman–Crippen MR) is 102 cm³/mol. The number of anilines is 1. The number of fused-ring (bicyclic) bond motifs is 1. The van der Waals surface area contributed by atoms with Gasteiger partial charge in [0.25, 0.3) is 0 Å². The molecule has 27 heavy (non-hydrogen) atoms. The maximum atomic E-state index is 11.9. The molecule has 2 aliphatic rings. The summed E-state index contributed by atoms with van der Waals surface area (Å²) in [4.78, 5) is 13.7. The topological polar surface area (TPSA) is 60.0 Å². The Labute approximate surface area is 159 Å². The van der Waals surface area contributed by atoms with E-state index in [9.17, 15) is 4.79 Å². The third kappa shape index (κ3) is 3.57. The minimum atomic E-state index is 0.171. The number of methoxy groups -OCH3 is 1. The van der Waals surface area contributed by atoms with Crippen molar-refractivity contribution in [3.05, 3.63) is 47.5 Å². The van der Waals surface area contributed by atoms with Crippen molar-refractivity contribution in [3.63, 3.8) is 0 Å². The quantitative estimate of drug-likeness (QED) is 0.847.